The molecule has 1 aliphatic rings. The number of carbonyl (C=O) groups is 1. The molecule has 1 heterocycles. The summed E-state index contributed by atoms with van der Waals surface area (Å²) in [5.74, 6) is -0.767. The summed E-state index contributed by atoms with van der Waals surface area (Å²) in [5, 5.41) is 18.7. The minimum atomic E-state index is -0.767. The zero-order chi connectivity index (χ0) is 14.5. The predicted molar refractivity (Wildman–Crippen MR) is 76.5 cm³/mol. The Morgan fingerprint density at radius 3 is 2.90 bits per heavy atom. The molecule has 106 valence electrons. The van der Waals surface area contributed by atoms with Crippen molar-refractivity contribution in [2.75, 3.05) is 6.54 Å². The zero-order valence-corrected chi connectivity index (χ0v) is 11.9. The first-order valence-electron chi connectivity index (χ1n) is 6.77. The molecule has 1 unspecified atom stereocenters. The van der Waals surface area contributed by atoms with Gasteiger partial charge in [-0.3, -0.25) is 9.69 Å². The van der Waals surface area contributed by atoms with Crippen molar-refractivity contribution in [2.24, 2.45) is 0 Å². The van der Waals surface area contributed by atoms with Gasteiger partial charge in [0.05, 0.1) is 11.6 Å². The van der Waals surface area contributed by atoms with Gasteiger partial charge >= 0.3 is 5.97 Å². The highest BCUT2D eigenvalue weighted by molar-refractivity contribution is 6.31. The number of benzene rings is 1. The van der Waals surface area contributed by atoms with Crippen LogP contribution in [0.1, 0.15) is 36.8 Å². The topological polar surface area (TPSA) is 64.3 Å². The van der Waals surface area contributed by atoms with Gasteiger partial charge in [-0.1, -0.05) is 30.5 Å². The van der Waals surface area contributed by atoms with Crippen LogP contribution < -0.4 is 0 Å². The molecule has 1 atom stereocenters. The van der Waals surface area contributed by atoms with E-state index in [1.807, 2.05) is 17.0 Å². The molecule has 1 saturated heterocycles. The van der Waals surface area contributed by atoms with E-state index >= 15 is 0 Å². The third-order valence-corrected chi connectivity index (χ3v) is 4.06. The number of likely N-dealkylation sites (tertiary alicyclic amines) is 1. The maximum Gasteiger partial charge on any atom is 0.320 e. The van der Waals surface area contributed by atoms with Crippen LogP contribution >= 0.6 is 11.6 Å². The maximum atomic E-state index is 11.4. The molecule has 0 bridgehead atoms. The predicted octanol–water partition coefficient (Wildman–Crippen LogP) is 3.04. The highest BCUT2D eigenvalue weighted by atomic mass is 35.5. The summed E-state index contributed by atoms with van der Waals surface area (Å²) in [6.45, 7) is 1.29. The first-order chi connectivity index (χ1) is 9.61. The highest BCUT2D eigenvalue weighted by Crippen LogP contribution is 2.24. The van der Waals surface area contributed by atoms with E-state index in [9.17, 15) is 9.90 Å². The Morgan fingerprint density at radius 2 is 2.25 bits per heavy atom. The Labute approximate surface area is 123 Å². The standard InChI is InChI=1S/C15H17ClN2O2/c16-13-8-11(9-17)5-6-12(13)10-18-7-3-1-2-4-14(18)15(19)20/h5-6,8,14H,1-4,7,10H2,(H,19,20). The number of nitriles is 1. The molecule has 20 heavy (non-hydrogen) atoms. The molecular weight excluding hydrogens is 276 g/mol. The fourth-order valence-corrected chi connectivity index (χ4v) is 2.84. The van der Waals surface area contributed by atoms with Gasteiger partial charge in [-0.15, -0.1) is 0 Å². The van der Waals surface area contributed by atoms with Gasteiger partial charge in [0.1, 0.15) is 6.04 Å². The monoisotopic (exact) mass is 292 g/mol. The van der Waals surface area contributed by atoms with Crippen LogP contribution in [0.15, 0.2) is 18.2 Å². The third kappa shape index (κ3) is 3.50. The van der Waals surface area contributed by atoms with Gasteiger partial charge in [-0.25, -0.2) is 0 Å². The number of carboxylic acids is 1. The second-order valence-corrected chi connectivity index (χ2v) is 5.50. The van der Waals surface area contributed by atoms with Crippen molar-refractivity contribution in [1.82, 2.24) is 4.90 Å². The Hall–Kier alpha value is -1.57. The van der Waals surface area contributed by atoms with Gasteiger partial charge < -0.3 is 5.11 Å². The fourth-order valence-electron chi connectivity index (χ4n) is 2.60. The average Bonchev–Trinajstić information content (AvgIpc) is 2.66. The van der Waals surface area contributed by atoms with E-state index in [1.165, 1.54) is 0 Å². The lowest BCUT2D eigenvalue weighted by atomic mass is 10.1. The van der Waals surface area contributed by atoms with Crippen LogP contribution in [0.4, 0.5) is 0 Å². The van der Waals surface area contributed by atoms with E-state index in [0.29, 0.717) is 23.6 Å². The molecule has 1 fully saturated rings. The number of carboxylic acid groups (broad SMARTS) is 1. The summed E-state index contributed by atoms with van der Waals surface area (Å²) in [7, 11) is 0. The SMILES string of the molecule is N#Cc1ccc(CN2CCCCCC2C(=O)O)c(Cl)c1. The molecule has 1 aromatic carbocycles. The number of rotatable bonds is 3. The summed E-state index contributed by atoms with van der Waals surface area (Å²) in [6, 6.07) is 6.76. The van der Waals surface area contributed by atoms with Crippen molar-refractivity contribution in [3.8, 4) is 6.07 Å². The van der Waals surface area contributed by atoms with Crippen LogP contribution in [0, 0.1) is 11.3 Å². The molecule has 1 aliphatic heterocycles. The van der Waals surface area contributed by atoms with Gasteiger partial charge in [0.15, 0.2) is 0 Å². The van der Waals surface area contributed by atoms with Crippen LogP contribution in [-0.2, 0) is 11.3 Å². The minimum absolute atomic E-state index is 0.441. The fraction of sp³-hybridized carbons (Fsp3) is 0.467. The van der Waals surface area contributed by atoms with Crippen LogP contribution in [0.2, 0.25) is 5.02 Å². The lowest BCUT2D eigenvalue weighted by Gasteiger charge is -2.27. The van der Waals surface area contributed by atoms with E-state index in [-0.39, 0.29) is 0 Å². The largest absolute Gasteiger partial charge is 0.480 e. The molecule has 0 aromatic heterocycles. The number of halogens is 1. The van der Waals surface area contributed by atoms with E-state index in [4.69, 9.17) is 16.9 Å². The summed E-state index contributed by atoms with van der Waals surface area (Å²) < 4.78 is 0. The number of nitrogens with zero attached hydrogens (tertiary/aromatic N) is 2. The van der Waals surface area contributed by atoms with Gasteiger partial charge in [0.25, 0.3) is 0 Å². The van der Waals surface area contributed by atoms with Crippen molar-refractivity contribution >= 4 is 17.6 Å². The quantitative estimate of drug-likeness (QED) is 0.930. The molecule has 5 heteroatoms. The number of hydrogen-bond donors (Lipinski definition) is 1. The molecule has 0 spiro atoms. The summed E-state index contributed by atoms with van der Waals surface area (Å²) >= 11 is 6.17. The second kappa shape index (κ2) is 6.74. The smallest absolute Gasteiger partial charge is 0.320 e. The van der Waals surface area contributed by atoms with Gasteiger partial charge in [-0.05, 0) is 37.1 Å². The minimum Gasteiger partial charge on any atom is -0.480 e. The third-order valence-electron chi connectivity index (χ3n) is 3.70. The molecule has 1 aromatic rings. The van der Waals surface area contributed by atoms with E-state index in [0.717, 1.165) is 31.4 Å². The Bertz CT molecular complexity index is 539. The summed E-state index contributed by atoms with van der Waals surface area (Å²) in [6.07, 6.45) is 3.72. The molecule has 1 N–H and O–H groups in total. The molecule has 2 rings (SSSR count). The Kier molecular flexibility index (Phi) is 4.99. The lowest BCUT2D eigenvalue weighted by Crippen LogP contribution is -2.40. The molecule has 0 aliphatic carbocycles. The summed E-state index contributed by atoms with van der Waals surface area (Å²) in [5.41, 5.74) is 1.39. The Balaban J connectivity index is 2.18. The van der Waals surface area contributed by atoms with Crippen LogP contribution in [0.3, 0.4) is 0 Å². The van der Waals surface area contributed by atoms with Crippen LogP contribution in [-0.4, -0.2) is 28.6 Å². The van der Waals surface area contributed by atoms with Crippen molar-refractivity contribution in [1.29, 1.82) is 5.26 Å². The lowest BCUT2D eigenvalue weighted by molar-refractivity contribution is -0.143. The molecule has 0 saturated carbocycles. The van der Waals surface area contributed by atoms with E-state index in [2.05, 4.69) is 0 Å². The van der Waals surface area contributed by atoms with Crippen molar-refractivity contribution < 1.29 is 9.90 Å². The Morgan fingerprint density at radius 1 is 1.45 bits per heavy atom. The normalized spacial score (nSPS) is 20.1. The molecule has 0 radical (unpaired) electrons. The number of aliphatic carboxylic acids is 1. The average molecular weight is 293 g/mol. The highest BCUT2D eigenvalue weighted by Gasteiger charge is 2.27. The molecule has 0 amide bonds. The first-order valence-corrected chi connectivity index (χ1v) is 7.15. The maximum absolute atomic E-state index is 11.4. The van der Waals surface area contributed by atoms with E-state index in [1.54, 1.807) is 12.1 Å². The van der Waals surface area contributed by atoms with Crippen LogP contribution in [0.5, 0.6) is 0 Å². The summed E-state index contributed by atoms with van der Waals surface area (Å²) in [4.78, 5) is 13.4. The molecular formula is C15H17ClN2O2. The van der Waals surface area contributed by atoms with Crippen LogP contribution in [0.25, 0.3) is 0 Å². The first kappa shape index (κ1) is 14.8. The van der Waals surface area contributed by atoms with Gasteiger partial charge in [-0.2, -0.15) is 5.26 Å². The molecule has 4 nitrogen and oxygen atoms in total. The zero-order valence-electron chi connectivity index (χ0n) is 11.2. The van der Waals surface area contributed by atoms with Crippen molar-refractivity contribution in [3.05, 3.63) is 34.3 Å². The van der Waals surface area contributed by atoms with E-state index < -0.39 is 12.0 Å². The van der Waals surface area contributed by atoms with Crippen molar-refractivity contribution in [2.45, 2.75) is 38.3 Å². The second-order valence-electron chi connectivity index (χ2n) is 5.09. The van der Waals surface area contributed by atoms with Crippen molar-refractivity contribution in [3.63, 3.8) is 0 Å². The van der Waals surface area contributed by atoms with Gasteiger partial charge in [0, 0.05) is 11.6 Å². The number of hydrogen-bond acceptors (Lipinski definition) is 3. The van der Waals surface area contributed by atoms with Gasteiger partial charge in [0.2, 0.25) is 0 Å².